The molecule has 2 amide bonds. The number of nitrogens with one attached hydrogen (secondary N) is 3. The number of halogens is 1. The monoisotopic (exact) mass is 397 g/mol. The largest absolute Gasteiger partial charge is 0.488 e. The minimum atomic E-state index is -0.416. The molecular weight excluding hydrogens is 370 g/mol. The van der Waals surface area contributed by atoms with E-state index in [4.69, 9.17) is 4.74 Å². The molecule has 1 saturated heterocycles. The van der Waals surface area contributed by atoms with Crippen molar-refractivity contribution in [2.45, 2.75) is 56.8 Å². The van der Waals surface area contributed by atoms with E-state index in [0.29, 0.717) is 11.4 Å². The van der Waals surface area contributed by atoms with E-state index < -0.39 is 6.10 Å². The van der Waals surface area contributed by atoms with Gasteiger partial charge in [0.1, 0.15) is 11.9 Å². The smallest absolute Gasteiger partial charge is 0.243 e. The average Bonchev–Trinajstić information content (AvgIpc) is 3.18. The first kappa shape index (κ1) is 21.5. The predicted molar refractivity (Wildman–Crippen MR) is 105 cm³/mol. The zero-order valence-corrected chi connectivity index (χ0v) is 16.1. The molecule has 1 aliphatic carbocycles. The Morgan fingerprint density at radius 2 is 1.85 bits per heavy atom. The number of hydrogen-bond acceptors (Lipinski definition) is 5. The predicted octanol–water partition coefficient (Wildman–Crippen LogP) is 1.60. The first-order valence-corrected chi connectivity index (χ1v) is 9.37. The zero-order chi connectivity index (χ0) is 18.4. The van der Waals surface area contributed by atoms with Crippen LogP contribution >= 0.6 is 12.4 Å². The Labute approximate surface area is 165 Å². The van der Waals surface area contributed by atoms with Crippen molar-refractivity contribution in [1.29, 1.82) is 0 Å². The third-order valence-electron chi connectivity index (χ3n) is 4.89. The van der Waals surface area contributed by atoms with Crippen molar-refractivity contribution in [3.63, 3.8) is 0 Å². The Balaban J connectivity index is 0.00000261. The highest BCUT2D eigenvalue weighted by atomic mass is 35.5. The van der Waals surface area contributed by atoms with Gasteiger partial charge in [-0.3, -0.25) is 9.59 Å². The summed E-state index contributed by atoms with van der Waals surface area (Å²) in [6.07, 6.45) is 4.96. The molecule has 1 aromatic rings. The topological polar surface area (TPSA) is 99.7 Å². The van der Waals surface area contributed by atoms with Gasteiger partial charge in [-0.1, -0.05) is 6.42 Å². The van der Waals surface area contributed by atoms with Crippen molar-refractivity contribution in [3.05, 3.63) is 24.3 Å². The Kier molecular flexibility index (Phi) is 8.34. The van der Waals surface area contributed by atoms with Crippen LogP contribution in [-0.4, -0.2) is 48.3 Å². The fraction of sp³-hybridized carbons (Fsp3) is 0.579. The fourth-order valence-electron chi connectivity index (χ4n) is 3.41. The molecule has 4 N–H and O–H groups in total. The molecule has 3 unspecified atom stereocenters. The van der Waals surface area contributed by atoms with Crippen molar-refractivity contribution in [2.75, 3.05) is 18.4 Å². The molecule has 2 aliphatic rings. The molecule has 1 aliphatic heterocycles. The van der Waals surface area contributed by atoms with Crippen LogP contribution in [0.3, 0.4) is 0 Å². The van der Waals surface area contributed by atoms with Crippen molar-refractivity contribution in [2.24, 2.45) is 0 Å². The van der Waals surface area contributed by atoms with Gasteiger partial charge in [0, 0.05) is 5.69 Å². The summed E-state index contributed by atoms with van der Waals surface area (Å²) in [5.74, 6) is 0.273. The second-order valence-corrected chi connectivity index (χ2v) is 6.95. The summed E-state index contributed by atoms with van der Waals surface area (Å²) in [7, 11) is 0. The maximum absolute atomic E-state index is 12.0. The lowest BCUT2D eigenvalue weighted by Crippen LogP contribution is -2.43. The number of amides is 2. The van der Waals surface area contributed by atoms with Gasteiger partial charge in [0.15, 0.2) is 0 Å². The zero-order valence-electron chi connectivity index (χ0n) is 15.3. The summed E-state index contributed by atoms with van der Waals surface area (Å²) in [5, 5.41) is 18.5. The number of rotatable bonds is 6. The molecule has 0 radical (unpaired) electrons. The fourth-order valence-corrected chi connectivity index (χ4v) is 3.41. The van der Waals surface area contributed by atoms with Gasteiger partial charge >= 0.3 is 0 Å². The molecule has 1 heterocycles. The minimum Gasteiger partial charge on any atom is -0.488 e. The molecule has 27 heavy (non-hydrogen) atoms. The number of anilines is 1. The van der Waals surface area contributed by atoms with Gasteiger partial charge in [0.25, 0.3) is 0 Å². The number of ether oxygens (including phenoxy) is 1. The van der Waals surface area contributed by atoms with Crippen LogP contribution in [0.15, 0.2) is 24.3 Å². The van der Waals surface area contributed by atoms with Crippen molar-refractivity contribution >= 4 is 29.9 Å². The van der Waals surface area contributed by atoms with E-state index in [9.17, 15) is 14.7 Å². The Morgan fingerprint density at radius 3 is 2.52 bits per heavy atom. The highest BCUT2D eigenvalue weighted by Crippen LogP contribution is 2.24. The first-order chi connectivity index (χ1) is 12.6. The van der Waals surface area contributed by atoms with E-state index in [1.54, 1.807) is 24.3 Å². The van der Waals surface area contributed by atoms with Crippen LogP contribution < -0.4 is 20.7 Å². The van der Waals surface area contributed by atoms with E-state index in [1.807, 2.05) is 0 Å². The van der Waals surface area contributed by atoms with Gasteiger partial charge in [-0.25, -0.2) is 0 Å². The summed E-state index contributed by atoms with van der Waals surface area (Å²) in [5.41, 5.74) is 0.639. The average molecular weight is 398 g/mol. The van der Waals surface area contributed by atoms with Crippen molar-refractivity contribution in [1.82, 2.24) is 10.6 Å². The number of carbonyl (C=O) groups is 2. The van der Waals surface area contributed by atoms with Crippen LogP contribution in [0.5, 0.6) is 5.75 Å². The molecule has 1 saturated carbocycles. The summed E-state index contributed by atoms with van der Waals surface area (Å²) in [6, 6.07) is 6.87. The SMILES string of the molecule is Cl.O=C(CNC(=O)C1CCCN1)Nc1ccc(OC2CCCCC2O)cc1. The maximum Gasteiger partial charge on any atom is 0.243 e. The molecule has 3 rings (SSSR count). The Morgan fingerprint density at radius 1 is 1.11 bits per heavy atom. The van der Waals surface area contributed by atoms with Crippen LogP contribution in [-0.2, 0) is 9.59 Å². The molecule has 3 atom stereocenters. The molecule has 1 aromatic carbocycles. The Bertz CT molecular complexity index is 620. The van der Waals surface area contributed by atoms with Gasteiger partial charge in [0.2, 0.25) is 11.8 Å². The molecular formula is C19H28ClN3O4. The second kappa shape index (κ2) is 10.5. The van der Waals surface area contributed by atoms with E-state index >= 15 is 0 Å². The van der Waals surface area contributed by atoms with E-state index in [-0.39, 0.29) is 42.9 Å². The first-order valence-electron chi connectivity index (χ1n) is 9.37. The number of carbonyl (C=O) groups excluding carboxylic acids is 2. The standard InChI is InChI=1S/C19H27N3O4.ClH/c23-16-5-1-2-6-17(16)26-14-9-7-13(8-10-14)22-18(24)12-21-19(25)15-4-3-11-20-15;/h7-10,15-17,20,23H,1-6,11-12H2,(H,21,25)(H,22,24);1H. The lowest BCUT2D eigenvalue weighted by molar-refractivity contribution is -0.125. The van der Waals surface area contributed by atoms with Crippen LogP contribution in [0.25, 0.3) is 0 Å². The number of benzene rings is 1. The quantitative estimate of drug-likeness (QED) is 0.584. The van der Waals surface area contributed by atoms with Crippen LogP contribution in [0.4, 0.5) is 5.69 Å². The molecule has 0 spiro atoms. The number of aliphatic hydroxyl groups is 1. The molecule has 2 fully saturated rings. The highest BCUT2D eigenvalue weighted by Gasteiger charge is 2.24. The summed E-state index contributed by atoms with van der Waals surface area (Å²) >= 11 is 0. The normalized spacial score (nSPS) is 24.6. The van der Waals surface area contributed by atoms with E-state index in [2.05, 4.69) is 16.0 Å². The summed E-state index contributed by atoms with van der Waals surface area (Å²) in [4.78, 5) is 23.8. The van der Waals surface area contributed by atoms with Crippen molar-refractivity contribution in [3.8, 4) is 5.75 Å². The lowest BCUT2D eigenvalue weighted by Gasteiger charge is -2.28. The van der Waals surface area contributed by atoms with Crippen LogP contribution in [0.2, 0.25) is 0 Å². The van der Waals surface area contributed by atoms with Crippen LogP contribution in [0, 0.1) is 0 Å². The van der Waals surface area contributed by atoms with Crippen molar-refractivity contribution < 1.29 is 19.4 Å². The van der Waals surface area contributed by atoms with Gasteiger partial charge in [0.05, 0.1) is 18.7 Å². The van der Waals surface area contributed by atoms with Gasteiger partial charge in [-0.15, -0.1) is 12.4 Å². The molecule has 8 heteroatoms. The number of hydrogen-bond donors (Lipinski definition) is 4. The van der Waals surface area contributed by atoms with E-state index in [1.165, 1.54) is 0 Å². The molecule has 0 aromatic heterocycles. The summed E-state index contributed by atoms with van der Waals surface area (Å²) < 4.78 is 5.84. The minimum absolute atomic E-state index is 0. The lowest BCUT2D eigenvalue weighted by atomic mass is 9.95. The second-order valence-electron chi connectivity index (χ2n) is 6.95. The highest BCUT2D eigenvalue weighted by molar-refractivity contribution is 5.95. The van der Waals surface area contributed by atoms with Gasteiger partial charge in [-0.2, -0.15) is 0 Å². The molecule has 7 nitrogen and oxygen atoms in total. The molecule has 150 valence electrons. The van der Waals surface area contributed by atoms with Gasteiger partial charge in [-0.05, 0) is 62.9 Å². The van der Waals surface area contributed by atoms with Gasteiger partial charge < -0.3 is 25.8 Å². The maximum atomic E-state index is 12.0. The van der Waals surface area contributed by atoms with Crippen LogP contribution in [0.1, 0.15) is 38.5 Å². The molecule has 0 bridgehead atoms. The third kappa shape index (κ3) is 6.37. The number of aliphatic hydroxyl groups excluding tert-OH is 1. The van der Waals surface area contributed by atoms with E-state index in [0.717, 1.165) is 45.1 Å². The third-order valence-corrected chi connectivity index (χ3v) is 4.89. The summed E-state index contributed by atoms with van der Waals surface area (Å²) in [6.45, 7) is 0.792. The Hall–Kier alpha value is -1.83.